The van der Waals surface area contributed by atoms with Crippen LogP contribution in [0.15, 0.2) is 12.1 Å². The van der Waals surface area contributed by atoms with Gasteiger partial charge in [-0.3, -0.25) is 0 Å². The number of halogens is 2. The largest absolute Gasteiger partial charge is 0.383 e. The summed E-state index contributed by atoms with van der Waals surface area (Å²) in [6.07, 6.45) is 0. The molecule has 0 bridgehead atoms. The minimum Gasteiger partial charge on any atom is -0.383 e. The van der Waals surface area contributed by atoms with Crippen molar-refractivity contribution >= 4 is 17.3 Å². The summed E-state index contributed by atoms with van der Waals surface area (Å²) in [5.74, 6) is -0.437. The van der Waals surface area contributed by atoms with Crippen molar-refractivity contribution in [1.82, 2.24) is 0 Å². The summed E-state index contributed by atoms with van der Waals surface area (Å²) in [5.41, 5.74) is 6.71. The second kappa shape index (κ2) is 6.03. The molecule has 0 aliphatic carbocycles. The van der Waals surface area contributed by atoms with E-state index in [9.17, 15) is 4.39 Å². The molecule has 3 nitrogen and oxygen atoms in total. The van der Waals surface area contributed by atoms with E-state index in [0.29, 0.717) is 18.7 Å². The van der Waals surface area contributed by atoms with Gasteiger partial charge in [0.05, 0.1) is 11.6 Å². The molecule has 0 aliphatic heterocycles. The Bertz CT molecular complexity index is 360. The van der Waals surface area contributed by atoms with Crippen molar-refractivity contribution in [3.63, 3.8) is 0 Å². The standard InChI is InChI=1S/C11H16ClFN2O/c1-15(3-4-16-2)9-5-8(7-14)11(13)10(12)6-9/h5-6H,3-4,7,14H2,1-2H3. The van der Waals surface area contributed by atoms with Crippen LogP contribution in [-0.2, 0) is 11.3 Å². The Labute approximate surface area is 99.9 Å². The van der Waals surface area contributed by atoms with E-state index >= 15 is 0 Å². The van der Waals surface area contributed by atoms with Gasteiger partial charge in [-0.15, -0.1) is 0 Å². The molecule has 0 fully saturated rings. The van der Waals surface area contributed by atoms with Gasteiger partial charge in [0.2, 0.25) is 0 Å². The average Bonchev–Trinajstić information content (AvgIpc) is 2.29. The molecule has 1 aromatic carbocycles. The monoisotopic (exact) mass is 246 g/mol. The zero-order valence-electron chi connectivity index (χ0n) is 9.46. The lowest BCUT2D eigenvalue weighted by atomic mass is 10.1. The van der Waals surface area contributed by atoms with E-state index in [-0.39, 0.29) is 11.6 Å². The Morgan fingerprint density at radius 2 is 2.19 bits per heavy atom. The molecule has 1 rings (SSSR count). The van der Waals surface area contributed by atoms with Gasteiger partial charge in [0, 0.05) is 38.5 Å². The van der Waals surface area contributed by atoms with Gasteiger partial charge in [0.25, 0.3) is 0 Å². The van der Waals surface area contributed by atoms with Crippen molar-refractivity contribution in [2.24, 2.45) is 5.73 Å². The smallest absolute Gasteiger partial charge is 0.146 e. The number of anilines is 1. The second-order valence-corrected chi connectivity index (χ2v) is 3.93. The van der Waals surface area contributed by atoms with Gasteiger partial charge in [-0.2, -0.15) is 0 Å². The second-order valence-electron chi connectivity index (χ2n) is 3.52. The summed E-state index contributed by atoms with van der Waals surface area (Å²) in [6, 6.07) is 3.29. The van der Waals surface area contributed by atoms with Crippen molar-refractivity contribution < 1.29 is 9.13 Å². The minimum atomic E-state index is -0.437. The van der Waals surface area contributed by atoms with Gasteiger partial charge >= 0.3 is 0 Å². The molecule has 16 heavy (non-hydrogen) atoms. The summed E-state index contributed by atoms with van der Waals surface area (Å²) in [6.45, 7) is 1.45. The predicted octanol–water partition coefficient (Wildman–Crippen LogP) is 2.02. The molecule has 5 heteroatoms. The number of ether oxygens (including phenoxy) is 1. The highest BCUT2D eigenvalue weighted by Gasteiger charge is 2.10. The predicted molar refractivity (Wildman–Crippen MR) is 64.4 cm³/mol. The first-order valence-corrected chi connectivity index (χ1v) is 5.36. The topological polar surface area (TPSA) is 38.5 Å². The van der Waals surface area contributed by atoms with Gasteiger partial charge in [-0.1, -0.05) is 11.6 Å². The number of nitrogens with zero attached hydrogens (tertiary/aromatic N) is 1. The number of rotatable bonds is 5. The maximum Gasteiger partial charge on any atom is 0.146 e. The van der Waals surface area contributed by atoms with E-state index in [0.717, 1.165) is 5.69 Å². The fourth-order valence-electron chi connectivity index (χ4n) is 1.36. The third kappa shape index (κ3) is 3.07. The maximum atomic E-state index is 13.4. The van der Waals surface area contributed by atoms with Gasteiger partial charge in [0.15, 0.2) is 0 Å². The molecule has 0 aromatic heterocycles. The Balaban J connectivity index is 2.92. The van der Waals surface area contributed by atoms with Crippen LogP contribution in [0.3, 0.4) is 0 Å². The summed E-state index contributed by atoms with van der Waals surface area (Å²) in [5, 5.41) is 0.0993. The number of benzene rings is 1. The van der Waals surface area contributed by atoms with Crippen LogP contribution < -0.4 is 10.6 Å². The van der Waals surface area contributed by atoms with Gasteiger partial charge < -0.3 is 15.4 Å². The minimum absolute atomic E-state index is 0.0993. The van der Waals surface area contributed by atoms with Crippen molar-refractivity contribution in [1.29, 1.82) is 0 Å². The zero-order valence-corrected chi connectivity index (χ0v) is 10.2. The van der Waals surface area contributed by atoms with Crippen LogP contribution in [0.2, 0.25) is 5.02 Å². The highest BCUT2D eigenvalue weighted by molar-refractivity contribution is 6.31. The van der Waals surface area contributed by atoms with Crippen molar-refractivity contribution in [3.8, 4) is 0 Å². The van der Waals surface area contributed by atoms with Crippen molar-refractivity contribution in [3.05, 3.63) is 28.5 Å². The molecule has 0 aliphatic rings. The molecule has 0 radical (unpaired) electrons. The molecule has 0 heterocycles. The summed E-state index contributed by atoms with van der Waals surface area (Å²) < 4.78 is 18.4. The summed E-state index contributed by atoms with van der Waals surface area (Å²) in [4.78, 5) is 1.94. The first-order chi connectivity index (χ1) is 7.60. The number of hydrogen-bond donors (Lipinski definition) is 1. The van der Waals surface area contributed by atoms with Crippen LogP contribution in [-0.4, -0.2) is 27.3 Å². The quantitative estimate of drug-likeness (QED) is 0.864. The van der Waals surface area contributed by atoms with Crippen LogP contribution in [0.4, 0.5) is 10.1 Å². The lowest BCUT2D eigenvalue weighted by molar-refractivity contribution is 0.206. The molecular formula is C11H16ClFN2O. The van der Waals surface area contributed by atoms with E-state index in [2.05, 4.69) is 0 Å². The van der Waals surface area contributed by atoms with Gasteiger partial charge in [0.1, 0.15) is 5.82 Å². The number of methoxy groups -OCH3 is 1. The molecule has 0 amide bonds. The van der Waals surface area contributed by atoms with Crippen molar-refractivity contribution in [2.75, 3.05) is 32.2 Å². The Kier molecular flexibility index (Phi) is 4.99. The molecule has 0 saturated carbocycles. The molecule has 1 aromatic rings. The van der Waals surface area contributed by atoms with E-state index in [1.54, 1.807) is 19.2 Å². The van der Waals surface area contributed by atoms with Gasteiger partial charge in [-0.05, 0) is 12.1 Å². The Morgan fingerprint density at radius 3 is 2.75 bits per heavy atom. The lowest BCUT2D eigenvalue weighted by Crippen LogP contribution is -2.22. The Morgan fingerprint density at radius 1 is 1.50 bits per heavy atom. The molecule has 2 N–H and O–H groups in total. The first-order valence-electron chi connectivity index (χ1n) is 4.98. The zero-order chi connectivity index (χ0) is 12.1. The number of hydrogen-bond acceptors (Lipinski definition) is 3. The van der Waals surface area contributed by atoms with Crippen LogP contribution in [0, 0.1) is 5.82 Å². The van der Waals surface area contributed by atoms with Crippen molar-refractivity contribution in [2.45, 2.75) is 6.54 Å². The number of likely N-dealkylation sites (N-methyl/N-ethyl adjacent to an activating group) is 1. The maximum absolute atomic E-state index is 13.4. The summed E-state index contributed by atoms with van der Waals surface area (Å²) >= 11 is 5.79. The van der Waals surface area contributed by atoms with Gasteiger partial charge in [-0.25, -0.2) is 4.39 Å². The SMILES string of the molecule is COCCN(C)c1cc(Cl)c(F)c(CN)c1. The third-order valence-electron chi connectivity index (χ3n) is 2.38. The van der Waals surface area contributed by atoms with Crippen LogP contribution in [0.1, 0.15) is 5.56 Å². The van der Waals surface area contributed by atoms with Crippen LogP contribution in [0.25, 0.3) is 0 Å². The summed E-state index contributed by atoms with van der Waals surface area (Å²) in [7, 11) is 3.53. The number of nitrogens with two attached hydrogens (primary N) is 1. The highest BCUT2D eigenvalue weighted by Crippen LogP contribution is 2.25. The molecule has 0 spiro atoms. The lowest BCUT2D eigenvalue weighted by Gasteiger charge is -2.20. The van der Waals surface area contributed by atoms with Crippen LogP contribution in [0.5, 0.6) is 0 Å². The molecule has 0 atom stereocenters. The highest BCUT2D eigenvalue weighted by atomic mass is 35.5. The molecule has 0 unspecified atom stereocenters. The average molecular weight is 247 g/mol. The third-order valence-corrected chi connectivity index (χ3v) is 2.65. The van der Waals surface area contributed by atoms with E-state index in [4.69, 9.17) is 22.1 Å². The van der Waals surface area contributed by atoms with E-state index in [1.165, 1.54) is 0 Å². The molecule has 0 saturated heterocycles. The molecule has 90 valence electrons. The first kappa shape index (κ1) is 13.2. The fourth-order valence-corrected chi connectivity index (χ4v) is 1.59. The van der Waals surface area contributed by atoms with E-state index < -0.39 is 5.82 Å². The normalized spacial score (nSPS) is 10.6. The van der Waals surface area contributed by atoms with E-state index in [1.807, 2.05) is 11.9 Å². The van der Waals surface area contributed by atoms with Crippen LogP contribution >= 0.6 is 11.6 Å². The fraction of sp³-hybridized carbons (Fsp3) is 0.455. The molecular weight excluding hydrogens is 231 g/mol. The Hall–Kier alpha value is -0.840.